The Morgan fingerprint density at radius 2 is 1.86 bits per heavy atom. The minimum atomic E-state index is -0.810. The molecular formula is C22H26BrClN2O3. The minimum Gasteiger partial charge on any atom is -0.467 e. The van der Waals surface area contributed by atoms with Crippen molar-refractivity contribution in [2.45, 2.75) is 32.7 Å². The molecule has 0 radical (unpaired) electrons. The second-order valence-corrected chi connectivity index (χ2v) is 8.32. The fraction of sp³-hybridized carbons (Fsp3) is 0.364. The number of halogens is 2. The lowest BCUT2D eigenvalue weighted by Crippen LogP contribution is -2.43. The zero-order valence-electron chi connectivity index (χ0n) is 16.8. The van der Waals surface area contributed by atoms with Crippen molar-refractivity contribution in [3.63, 3.8) is 0 Å². The normalized spacial score (nSPS) is 12.7. The number of anilines is 1. The summed E-state index contributed by atoms with van der Waals surface area (Å²) < 4.78 is 5.83. The van der Waals surface area contributed by atoms with Crippen LogP contribution in [0.2, 0.25) is 5.02 Å². The van der Waals surface area contributed by atoms with Crippen molar-refractivity contribution >= 4 is 45.1 Å². The van der Waals surface area contributed by atoms with E-state index in [-0.39, 0.29) is 5.91 Å². The van der Waals surface area contributed by atoms with Gasteiger partial charge in [0.15, 0.2) is 0 Å². The van der Waals surface area contributed by atoms with E-state index in [2.05, 4.69) is 40.4 Å². The van der Waals surface area contributed by atoms with Gasteiger partial charge < -0.3 is 15.4 Å². The summed E-state index contributed by atoms with van der Waals surface area (Å²) in [5, 5.41) is 6.55. The van der Waals surface area contributed by atoms with E-state index in [0.29, 0.717) is 28.6 Å². The van der Waals surface area contributed by atoms with E-state index in [1.807, 2.05) is 24.3 Å². The zero-order valence-corrected chi connectivity index (χ0v) is 19.1. The zero-order chi connectivity index (χ0) is 21.4. The molecule has 0 aliphatic heterocycles. The smallest absolute Gasteiger partial charge is 0.328 e. The summed E-state index contributed by atoms with van der Waals surface area (Å²) >= 11 is 9.51. The maximum atomic E-state index is 13.0. The third-order valence-corrected chi connectivity index (χ3v) is 5.47. The lowest BCUT2D eigenvalue weighted by Gasteiger charge is -2.19. The number of rotatable bonds is 9. The number of carbonyl (C=O) groups excluding carboxylic acids is 2. The van der Waals surface area contributed by atoms with E-state index in [1.54, 1.807) is 18.2 Å². The molecule has 1 amide bonds. The van der Waals surface area contributed by atoms with Gasteiger partial charge in [0.1, 0.15) is 6.04 Å². The maximum absolute atomic E-state index is 13.0. The highest BCUT2D eigenvalue weighted by molar-refractivity contribution is 9.10. The Hall–Kier alpha value is -2.05. The Morgan fingerprint density at radius 3 is 2.48 bits per heavy atom. The molecule has 0 bridgehead atoms. The van der Waals surface area contributed by atoms with Gasteiger partial charge in [0, 0.05) is 28.1 Å². The van der Waals surface area contributed by atoms with Crippen molar-refractivity contribution in [2.24, 2.45) is 5.92 Å². The standard InChI is InChI=1S/C22H26BrClN2O3/c1-4-14(2)13-25-19-10-9-17(24)12-18(19)21(27)26-20(22(28)29-3)11-15-5-7-16(23)8-6-15/h5-10,12,14,20,25H,4,11,13H2,1-3H3,(H,26,27)/t14?,20-/m0/s1. The number of nitrogens with one attached hydrogen (secondary N) is 2. The SMILES string of the molecule is CCC(C)CNc1ccc(Cl)cc1C(=O)N[C@@H](Cc1ccc(Br)cc1)C(=O)OC. The predicted molar refractivity (Wildman–Crippen MR) is 121 cm³/mol. The maximum Gasteiger partial charge on any atom is 0.328 e. The highest BCUT2D eigenvalue weighted by Crippen LogP contribution is 2.22. The summed E-state index contributed by atoms with van der Waals surface area (Å²) in [6, 6.07) is 11.9. The summed E-state index contributed by atoms with van der Waals surface area (Å²) in [5.41, 5.74) is 1.98. The first-order valence-corrected chi connectivity index (χ1v) is 10.7. The number of esters is 1. The molecule has 0 aliphatic rings. The van der Waals surface area contributed by atoms with E-state index in [1.165, 1.54) is 7.11 Å². The lowest BCUT2D eigenvalue weighted by molar-refractivity contribution is -0.142. The topological polar surface area (TPSA) is 67.4 Å². The number of hydrogen-bond donors (Lipinski definition) is 2. The van der Waals surface area contributed by atoms with Gasteiger partial charge in [-0.3, -0.25) is 4.79 Å². The lowest BCUT2D eigenvalue weighted by atomic mass is 10.0. The van der Waals surface area contributed by atoms with Gasteiger partial charge in [-0.1, -0.05) is 59.9 Å². The van der Waals surface area contributed by atoms with Crippen molar-refractivity contribution < 1.29 is 14.3 Å². The number of carbonyl (C=O) groups is 2. The second-order valence-electron chi connectivity index (χ2n) is 6.96. The van der Waals surface area contributed by atoms with Crippen LogP contribution in [0, 0.1) is 5.92 Å². The average molecular weight is 482 g/mol. The first kappa shape index (κ1) is 23.2. The Bertz CT molecular complexity index is 842. The largest absolute Gasteiger partial charge is 0.467 e. The first-order valence-electron chi connectivity index (χ1n) is 9.50. The van der Waals surface area contributed by atoms with Gasteiger partial charge in [-0.2, -0.15) is 0 Å². The summed E-state index contributed by atoms with van der Waals surface area (Å²) in [5.74, 6) is -0.425. The molecule has 156 valence electrons. The molecule has 2 rings (SSSR count). The van der Waals surface area contributed by atoms with E-state index >= 15 is 0 Å². The molecule has 2 atom stereocenters. The van der Waals surface area contributed by atoms with Crippen molar-refractivity contribution in [1.82, 2.24) is 5.32 Å². The van der Waals surface area contributed by atoms with E-state index < -0.39 is 12.0 Å². The number of amides is 1. The van der Waals surface area contributed by atoms with Gasteiger partial charge in [0.2, 0.25) is 0 Å². The molecule has 5 nitrogen and oxygen atoms in total. The molecule has 7 heteroatoms. The van der Waals surface area contributed by atoms with Crippen LogP contribution in [0.5, 0.6) is 0 Å². The van der Waals surface area contributed by atoms with Crippen LogP contribution in [0.25, 0.3) is 0 Å². The summed E-state index contributed by atoms with van der Waals surface area (Å²) in [6.07, 6.45) is 1.35. The molecule has 1 unspecified atom stereocenters. The fourth-order valence-electron chi connectivity index (χ4n) is 2.71. The first-order chi connectivity index (χ1) is 13.8. The monoisotopic (exact) mass is 480 g/mol. The average Bonchev–Trinajstić information content (AvgIpc) is 2.72. The van der Waals surface area contributed by atoms with Crippen LogP contribution in [0.15, 0.2) is 46.9 Å². The molecule has 2 aromatic carbocycles. The molecule has 0 fully saturated rings. The fourth-order valence-corrected chi connectivity index (χ4v) is 3.15. The highest BCUT2D eigenvalue weighted by atomic mass is 79.9. The Kier molecular flexibility index (Phi) is 8.99. The summed E-state index contributed by atoms with van der Waals surface area (Å²) in [6.45, 7) is 4.98. The van der Waals surface area contributed by atoms with E-state index in [9.17, 15) is 9.59 Å². The molecule has 2 aromatic rings. The van der Waals surface area contributed by atoms with E-state index in [4.69, 9.17) is 16.3 Å². The molecular weight excluding hydrogens is 456 g/mol. The second kappa shape index (κ2) is 11.2. The van der Waals surface area contributed by atoms with Gasteiger partial charge in [0.05, 0.1) is 12.7 Å². The Labute approximate surface area is 185 Å². The van der Waals surface area contributed by atoms with E-state index in [0.717, 1.165) is 23.0 Å². The van der Waals surface area contributed by atoms with Crippen molar-refractivity contribution in [3.8, 4) is 0 Å². The molecule has 29 heavy (non-hydrogen) atoms. The van der Waals surface area contributed by atoms with Crippen molar-refractivity contribution in [1.29, 1.82) is 0 Å². The quantitative estimate of drug-likeness (QED) is 0.490. The molecule has 0 saturated heterocycles. The minimum absolute atomic E-state index is 0.321. The summed E-state index contributed by atoms with van der Waals surface area (Å²) in [7, 11) is 1.31. The van der Waals surface area contributed by atoms with Crippen LogP contribution in [0.4, 0.5) is 5.69 Å². The molecule has 2 N–H and O–H groups in total. The Morgan fingerprint density at radius 1 is 1.17 bits per heavy atom. The van der Waals surface area contributed by atoms with Crippen molar-refractivity contribution in [3.05, 3.63) is 63.1 Å². The number of methoxy groups -OCH3 is 1. The van der Waals surface area contributed by atoms with Gasteiger partial charge in [0.25, 0.3) is 5.91 Å². The number of ether oxygens (including phenoxy) is 1. The van der Waals surface area contributed by atoms with Crippen LogP contribution >= 0.6 is 27.5 Å². The predicted octanol–water partition coefficient (Wildman–Crippen LogP) is 5.07. The molecule has 0 aliphatic carbocycles. The number of benzene rings is 2. The van der Waals surface area contributed by atoms with Crippen LogP contribution < -0.4 is 10.6 Å². The van der Waals surface area contributed by atoms with Crippen LogP contribution in [0.1, 0.15) is 36.2 Å². The third-order valence-electron chi connectivity index (χ3n) is 4.71. The Balaban J connectivity index is 2.20. The highest BCUT2D eigenvalue weighted by Gasteiger charge is 2.24. The van der Waals surface area contributed by atoms with Gasteiger partial charge >= 0.3 is 5.97 Å². The van der Waals surface area contributed by atoms with Crippen LogP contribution in [-0.2, 0) is 16.0 Å². The van der Waals surface area contributed by atoms with Crippen LogP contribution in [-0.4, -0.2) is 31.6 Å². The molecule has 0 heterocycles. The van der Waals surface area contributed by atoms with Gasteiger partial charge in [-0.25, -0.2) is 4.79 Å². The molecule has 0 saturated carbocycles. The summed E-state index contributed by atoms with van der Waals surface area (Å²) in [4.78, 5) is 25.2. The van der Waals surface area contributed by atoms with Crippen molar-refractivity contribution in [2.75, 3.05) is 19.0 Å². The van der Waals surface area contributed by atoms with Gasteiger partial charge in [-0.15, -0.1) is 0 Å². The number of hydrogen-bond acceptors (Lipinski definition) is 4. The third kappa shape index (κ3) is 7.05. The molecule has 0 aromatic heterocycles. The van der Waals surface area contributed by atoms with Gasteiger partial charge in [-0.05, 0) is 41.8 Å². The molecule has 0 spiro atoms. The van der Waals surface area contributed by atoms with Crippen LogP contribution in [0.3, 0.4) is 0 Å².